The van der Waals surface area contributed by atoms with Crippen molar-refractivity contribution in [1.29, 1.82) is 0 Å². The van der Waals surface area contributed by atoms with Gasteiger partial charge in [0.1, 0.15) is 13.2 Å². The maximum absolute atomic E-state index is 12.8. The number of amides is 1. The number of benzene rings is 3. The van der Waals surface area contributed by atoms with E-state index in [2.05, 4.69) is 10.0 Å². The van der Waals surface area contributed by atoms with Crippen molar-refractivity contribution in [2.75, 3.05) is 17.9 Å². The molecule has 1 aliphatic rings. The van der Waals surface area contributed by atoms with Crippen molar-refractivity contribution in [3.05, 3.63) is 83.4 Å². The van der Waals surface area contributed by atoms with Crippen LogP contribution in [0, 0.1) is 6.92 Å². The highest BCUT2D eigenvalue weighted by molar-refractivity contribution is 7.92. The first-order valence-electron chi connectivity index (χ1n) is 9.78. The fraction of sp³-hybridized carbons (Fsp3) is 0.174. The Morgan fingerprint density at radius 3 is 2.52 bits per heavy atom. The lowest BCUT2D eigenvalue weighted by Gasteiger charge is -2.19. The number of sulfonamides is 1. The summed E-state index contributed by atoms with van der Waals surface area (Å²) in [4.78, 5) is 12.6. The fourth-order valence-electron chi connectivity index (χ4n) is 3.18. The Balaban J connectivity index is 1.46. The number of anilines is 1. The van der Waals surface area contributed by atoms with Crippen LogP contribution in [0.1, 0.15) is 21.5 Å². The van der Waals surface area contributed by atoms with Gasteiger partial charge in [0.15, 0.2) is 11.5 Å². The Morgan fingerprint density at radius 1 is 0.935 bits per heavy atom. The molecule has 0 aromatic heterocycles. The van der Waals surface area contributed by atoms with Crippen LogP contribution in [0.25, 0.3) is 0 Å². The second kappa shape index (κ2) is 8.69. The average molecular weight is 439 g/mol. The minimum atomic E-state index is -3.83. The third kappa shape index (κ3) is 4.80. The largest absolute Gasteiger partial charge is 0.486 e. The minimum absolute atomic E-state index is 0.0164. The maximum Gasteiger partial charge on any atom is 0.261 e. The molecule has 0 atom stereocenters. The molecule has 3 aromatic rings. The summed E-state index contributed by atoms with van der Waals surface area (Å²) < 4.78 is 39.2. The Kier molecular flexibility index (Phi) is 5.81. The first kappa shape index (κ1) is 20.7. The van der Waals surface area contributed by atoms with E-state index in [1.54, 1.807) is 30.3 Å². The fourth-order valence-corrected chi connectivity index (χ4v) is 4.35. The van der Waals surface area contributed by atoms with Crippen molar-refractivity contribution in [1.82, 2.24) is 5.32 Å². The molecule has 0 saturated carbocycles. The van der Waals surface area contributed by atoms with Gasteiger partial charge >= 0.3 is 0 Å². The lowest BCUT2D eigenvalue weighted by molar-refractivity contribution is 0.0950. The molecule has 1 amide bonds. The van der Waals surface area contributed by atoms with Gasteiger partial charge in [0.05, 0.1) is 10.6 Å². The van der Waals surface area contributed by atoms with E-state index in [-0.39, 0.29) is 22.9 Å². The third-order valence-electron chi connectivity index (χ3n) is 4.86. The number of hydrogen-bond donors (Lipinski definition) is 2. The zero-order valence-corrected chi connectivity index (χ0v) is 17.7. The molecular weight excluding hydrogens is 416 g/mol. The van der Waals surface area contributed by atoms with E-state index < -0.39 is 10.0 Å². The normalized spacial score (nSPS) is 12.8. The smallest absolute Gasteiger partial charge is 0.261 e. The second-order valence-corrected chi connectivity index (χ2v) is 8.79. The van der Waals surface area contributed by atoms with Crippen LogP contribution < -0.4 is 19.5 Å². The topological polar surface area (TPSA) is 93.7 Å². The first-order valence-corrected chi connectivity index (χ1v) is 11.3. The van der Waals surface area contributed by atoms with E-state index in [9.17, 15) is 13.2 Å². The van der Waals surface area contributed by atoms with Crippen molar-refractivity contribution >= 4 is 21.6 Å². The Bertz CT molecular complexity index is 1220. The molecule has 0 saturated heterocycles. The van der Waals surface area contributed by atoms with Crippen LogP contribution in [0.15, 0.2) is 71.6 Å². The summed E-state index contributed by atoms with van der Waals surface area (Å²) in [6, 6.07) is 18.5. The van der Waals surface area contributed by atoms with Gasteiger partial charge in [-0.15, -0.1) is 0 Å². The van der Waals surface area contributed by atoms with Gasteiger partial charge in [0, 0.05) is 12.1 Å². The molecule has 7 nitrogen and oxygen atoms in total. The lowest BCUT2D eigenvalue weighted by atomic mass is 10.1. The Morgan fingerprint density at radius 2 is 1.71 bits per heavy atom. The molecular formula is C23H22N2O5S. The molecule has 0 radical (unpaired) electrons. The second-order valence-electron chi connectivity index (χ2n) is 7.11. The van der Waals surface area contributed by atoms with Gasteiger partial charge in [0.25, 0.3) is 15.9 Å². The molecule has 1 aliphatic heterocycles. The van der Waals surface area contributed by atoms with E-state index in [0.717, 1.165) is 11.1 Å². The number of rotatable bonds is 6. The highest BCUT2D eigenvalue weighted by atomic mass is 32.2. The van der Waals surface area contributed by atoms with Crippen molar-refractivity contribution in [3.63, 3.8) is 0 Å². The molecule has 1 heterocycles. The number of carbonyl (C=O) groups is 1. The van der Waals surface area contributed by atoms with Crippen LogP contribution in [0.2, 0.25) is 0 Å². The summed E-state index contributed by atoms with van der Waals surface area (Å²) in [6.07, 6.45) is 0. The van der Waals surface area contributed by atoms with Gasteiger partial charge in [-0.1, -0.05) is 30.3 Å². The number of nitrogens with one attached hydrogen (secondary N) is 2. The zero-order chi connectivity index (χ0) is 21.8. The Hall–Kier alpha value is -3.52. The predicted octanol–water partition coefficient (Wildman–Crippen LogP) is 3.50. The molecule has 0 spiro atoms. The van der Waals surface area contributed by atoms with Gasteiger partial charge in [-0.2, -0.15) is 0 Å². The summed E-state index contributed by atoms with van der Waals surface area (Å²) in [5, 5.41) is 2.81. The maximum atomic E-state index is 12.8. The number of aryl methyl sites for hydroxylation is 1. The first-order chi connectivity index (χ1) is 14.9. The molecule has 3 aromatic carbocycles. The number of hydrogen-bond acceptors (Lipinski definition) is 5. The van der Waals surface area contributed by atoms with E-state index in [1.807, 2.05) is 31.2 Å². The summed E-state index contributed by atoms with van der Waals surface area (Å²) >= 11 is 0. The summed E-state index contributed by atoms with van der Waals surface area (Å²) in [6.45, 7) is 3.09. The van der Waals surface area contributed by atoms with Crippen LogP contribution in [0.4, 0.5) is 5.69 Å². The van der Waals surface area contributed by atoms with Gasteiger partial charge in [-0.3, -0.25) is 9.52 Å². The highest BCUT2D eigenvalue weighted by Crippen LogP contribution is 2.30. The van der Waals surface area contributed by atoms with Crippen LogP contribution in [-0.4, -0.2) is 27.5 Å². The van der Waals surface area contributed by atoms with E-state index >= 15 is 0 Å². The molecule has 0 unspecified atom stereocenters. The average Bonchev–Trinajstić information content (AvgIpc) is 2.79. The van der Waals surface area contributed by atoms with E-state index in [4.69, 9.17) is 9.47 Å². The van der Waals surface area contributed by atoms with Crippen LogP contribution in [0.5, 0.6) is 11.5 Å². The summed E-state index contributed by atoms with van der Waals surface area (Å²) in [5.74, 6) is 0.955. The quantitative estimate of drug-likeness (QED) is 0.614. The monoisotopic (exact) mass is 438 g/mol. The lowest BCUT2D eigenvalue weighted by Crippen LogP contribution is -2.23. The molecule has 31 heavy (non-hydrogen) atoms. The molecule has 0 bridgehead atoms. The number of carbonyl (C=O) groups excluding carboxylic acids is 1. The van der Waals surface area contributed by atoms with Crippen molar-refractivity contribution < 1.29 is 22.7 Å². The van der Waals surface area contributed by atoms with Crippen molar-refractivity contribution in [2.24, 2.45) is 0 Å². The van der Waals surface area contributed by atoms with Crippen molar-refractivity contribution in [2.45, 2.75) is 18.4 Å². The highest BCUT2D eigenvalue weighted by Gasteiger charge is 2.18. The summed E-state index contributed by atoms with van der Waals surface area (Å²) in [5.41, 5.74) is 2.41. The standard InChI is InChI=1S/C23H22N2O5S/c1-16-5-2-3-8-20(16)25-31(27,28)19-7-4-6-18(14-19)23(26)24-15-17-9-10-21-22(13-17)30-12-11-29-21/h2-10,13-14,25H,11-12,15H2,1H3,(H,24,26). The SMILES string of the molecule is Cc1ccccc1NS(=O)(=O)c1cccc(C(=O)NCc2ccc3c(c2)OCCO3)c1. The summed E-state index contributed by atoms with van der Waals surface area (Å²) in [7, 11) is -3.83. The molecule has 8 heteroatoms. The molecule has 0 aliphatic carbocycles. The van der Waals surface area contributed by atoms with Crippen LogP contribution in [0.3, 0.4) is 0 Å². The third-order valence-corrected chi connectivity index (χ3v) is 6.22. The minimum Gasteiger partial charge on any atom is -0.486 e. The van der Waals surface area contributed by atoms with Gasteiger partial charge in [0.2, 0.25) is 0 Å². The number of para-hydroxylation sites is 1. The van der Waals surface area contributed by atoms with Gasteiger partial charge in [-0.05, 0) is 54.4 Å². The number of fused-ring (bicyclic) bond motifs is 1. The Labute approximate surface area is 181 Å². The van der Waals surface area contributed by atoms with Crippen LogP contribution in [-0.2, 0) is 16.6 Å². The van der Waals surface area contributed by atoms with E-state index in [1.165, 1.54) is 12.1 Å². The van der Waals surface area contributed by atoms with E-state index in [0.29, 0.717) is 30.4 Å². The molecule has 4 rings (SSSR count). The van der Waals surface area contributed by atoms with Gasteiger partial charge in [-0.25, -0.2) is 8.42 Å². The van der Waals surface area contributed by atoms with Crippen LogP contribution >= 0.6 is 0 Å². The molecule has 0 fully saturated rings. The van der Waals surface area contributed by atoms with Crippen molar-refractivity contribution in [3.8, 4) is 11.5 Å². The molecule has 160 valence electrons. The molecule has 2 N–H and O–H groups in total. The zero-order valence-electron chi connectivity index (χ0n) is 16.9. The number of ether oxygens (including phenoxy) is 2. The van der Waals surface area contributed by atoms with Gasteiger partial charge < -0.3 is 14.8 Å². The predicted molar refractivity (Wildman–Crippen MR) is 117 cm³/mol.